The van der Waals surface area contributed by atoms with Crippen LogP contribution in [0.25, 0.3) is 0 Å². The van der Waals surface area contributed by atoms with Crippen LogP contribution >= 0.6 is 0 Å². The first-order valence-electron chi connectivity index (χ1n) is 7.92. The molecule has 2 aliphatic rings. The Morgan fingerprint density at radius 1 is 1.25 bits per heavy atom. The van der Waals surface area contributed by atoms with E-state index in [1.54, 1.807) is 6.07 Å². The summed E-state index contributed by atoms with van der Waals surface area (Å²) < 4.78 is 1.18. The molecular formula is C17H26NO2+. The summed E-state index contributed by atoms with van der Waals surface area (Å²) in [4.78, 5) is 0. The molecule has 0 bridgehead atoms. The molecule has 0 amide bonds. The minimum atomic E-state index is 0.0313. The lowest BCUT2D eigenvalue weighted by molar-refractivity contribution is -0.942. The summed E-state index contributed by atoms with van der Waals surface area (Å²) in [7, 11) is 2.41. The van der Waals surface area contributed by atoms with Crippen molar-refractivity contribution in [1.29, 1.82) is 0 Å². The van der Waals surface area contributed by atoms with E-state index in [0.29, 0.717) is 12.0 Å². The molecule has 1 heterocycles. The van der Waals surface area contributed by atoms with E-state index in [1.165, 1.54) is 42.4 Å². The third-order valence-corrected chi connectivity index (χ3v) is 5.58. The van der Waals surface area contributed by atoms with Crippen molar-refractivity contribution in [2.75, 3.05) is 20.1 Å². The fourth-order valence-corrected chi connectivity index (χ4v) is 4.57. The highest BCUT2D eigenvalue weighted by atomic mass is 16.3. The molecule has 3 nitrogen and oxygen atoms in total. The van der Waals surface area contributed by atoms with Gasteiger partial charge in [-0.1, -0.05) is 13.0 Å². The van der Waals surface area contributed by atoms with E-state index in [9.17, 15) is 10.2 Å². The molecule has 1 aromatic rings. The third-order valence-electron chi connectivity index (χ3n) is 5.58. The Labute approximate surface area is 121 Å². The highest BCUT2D eigenvalue weighted by Crippen LogP contribution is 2.43. The summed E-state index contributed by atoms with van der Waals surface area (Å²) in [6, 6.07) is 4.33. The minimum absolute atomic E-state index is 0.0313. The fourth-order valence-electron chi connectivity index (χ4n) is 4.57. The predicted molar refractivity (Wildman–Crippen MR) is 79.9 cm³/mol. The molecule has 1 saturated heterocycles. The molecule has 0 spiro atoms. The maximum atomic E-state index is 10.1. The van der Waals surface area contributed by atoms with Gasteiger partial charge >= 0.3 is 0 Å². The normalized spacial score (nSPS) is 32.5. The Balaban J connectivity index is 1.96. The molecule has 0 saturated carbocycles. The van der Waals surface area contributed by atoms with Crippen LogP contribution in [0.4, 0.5) is 0 Å². The zero-order valence-electron chi connectivity index (χ0n) is 12.6. The van der Waals surface area contributed by atoms with E-state index in [4.69, 9.17) is 0 Å². The quantitative estimate of drug-likeness (QED) is 0.644. The Morgan fingerprint density at radius 2 is 2.05 bits per heavy atom. The number of nitrogens with zero attached hydrogens (tertiary/aromatic N) is 1. The van der Waals surface area contributed by atoms with Gasteiger partial charge in [-0.2, -0.15) is 0 Å². The van der Waals surface area contributed by atoms with Crippen LogP contribution in [-0.2, 0) is 12.8 Å². The van der Waals surface area contributed by atoms with Crippen LogP contribution < -0.4 is 0 Å². The van der Waals surface area contributed by atoms with E-state index in [2.05, 4.69) is 14.0 Å². The Hall–Kier alpha value is -1.22. The van der Waals surface area contributed by atoms with Gasteiger partial charge in [-0.05, 0) is 37.3 Å². The lowest BCUT2D eigenvalue weighted by Gasteiger charge is -2.50. The zero-order chi connectivity index (χ0) is 14.3. The molecule has 110 valence electrons. The predicted octanol–water partition coefficient (Wildman–Crippen LogP) is 2.83. The molecule has 0 aromatic heterocycles. The van der Waals surface area contributed by atoms with Crippen LogP contribution in [0.5, 0.6) is 11.5 Å². The molecule has 3 rings (SSSR count). The van der Waals surface area contributed by atoms with Crippen LogP contribution in [0.2, 0.25) is 0 Å². The highest BCUT2D eigenvalue weighted by Gasteiger charge is 2.44. The van der Waals surface area contributed by atoms with E-state index >= 15 is 0 Å². The van der Waals surface area contributed by atoms with Crippen molar-refractivity contribution in [3.05, 3.63) is 23.3 Å². The summed E-state index contributed by atoms with van der Waals surface area (Å²) in [5.74, 6) is 0.806. The number of hydrogen-bond acceptors (Lipinski definition) is 2. The third kappa shape index (κ3) is 2.08. The van der Waals surface area contributed by atoms with Gasteiger partial charge in [0.2, 0.25) is 0 Å². The second-order valence-electron chi connectivity index (χ2n) is 6.88. The van der Waals surface area contributed by atoms with E-state index < -0.39 is 0 Å². The van der Waals surface area contributed by atoms with Gasteiger partial charge in [0, 0.05) is 17.9 Å². The van der Waals surface area contributed by atoms with Crippen LogP contribution in [0, 0.1) is 5.92 Å². The first kappa shape index (κ1) is 13.7. The largest absolute Gasteiger partial charge is 0.504 e. The lowest BCUT2D eigenvalue weighted by Crippen LogP contribution is -2.61. The van der Waals surface area contributed by atoms with Crippen molar-refractivity contribution >= 4 is 0 Å². The number of rotatable bonds is 2. The molecule has 1 aromatic carbocycles. The number of quaternary nitrogens is 1. The maximum absolute atomic E-state index is 10.1. The standard InChI is InChI=1S/C17H25NO2/c1-3-8-18(2)9-4-5-13-10-14-12(11-15(13)18)6-7-16(19)17(14)20/h6-7,13,15H,3-5,8-11H2,1-2H3,(H-,19,20)/p+1. The van der Waals surface area contributed by atoms with Crippen LogP contribution in [-0.4, -0.2) is 40.9 Å². The number of hydrogen-bond donors (Lipinski definition) is 2. The van der Waals surface area contributed by atoms with Crippen LogP contribution in [0.3, 0.4) is 0 Å². The van der Waals surface area contributed by atoms with Gasteiger partial charge in [0.15, 0.2) is 11.5 Å². The number of phenols is 2. The van der Waals surface area contributed by atoms with Crippen molar-refractivity contribution in [3.8, 4) is 11.5 Å². The van der Waals surface area contributed by atoms with Gasteiger partial charge in [0.25, 0.3) is 0 Å². The van der Waals surface area contributed by atoms with Crippen molar-refractivity contribution in [2.24, 2.45) is 5.92 Å². The monoisotopic (exact) mass is 276 g/mol. The molecule has 3 unspecified atom stereocenters. The first-order valence-corrected chi connectivity index (χ1v) is 7.92. The van der Waals surface area contributed by atoms with Crippen LogP contribution in [0.15, 0.2) is 12.1 Å². The van der Waals surface area contributed by atoms with Gasteiger partial charge in [0.1, 0.15) is 0 Å². The maximum Gasteiger partial charge on any atom is 0.160 e. The number of fused-ring (bicyclic) bond motifs is 2. The molecule has 2 N–H and O–H groups in total. The fraction of sp³-hybridized carbons (Fsp3) is 0.647. The van der Waals surface area contributed by atoms with E-state index in [0.717, 1.165) is 18.4 Å². The summed E-state index contributed by atoms with van der Waals surface area (Å²) in [5, 5.41) is 19.8. The van der Waals surface area contributed by atoms with E-state index in [-0.39, 0.29) is 11.5 Å². The molecule has 1 aliphatic carbocycles. The number of benzene rings is 1. The van der Waals surface area contributed by atoms with Gasteiger partial charge in [-0.25, -0.2) is 0 Å². The second kappa shape index (κ2) is 4.96. The summed E-state index contributed by atoms with van der Waals surface area (Å²) in [6.45, 7) is 4.81. The number of aromatic hydroxyl groups is 2. The zero-order valence-corrected chi connectivity index (χ0v) is 12.6. The van der Waals surface area contributed by atoms with E-state index in [1.807, 2.05) is 6.07 Å². The van der Waals surface area contributed by atoms with Gasteiger partial charge in [0.05, 0.1) is 26.2 Å². The van der Waals surface area contributed by atoms with Crippen molar-refractivity contribution in [2.45, 2.75) is 45.1 Å². The first-order chi connectivity index (χ1) is 9.55. The smallest absolute Gasteiger partial charge is 0.160 e. The molecule has 3 heteroatoms. The van der Waals surface area contributed by atoms with Crippen molar-refractivity contribution in [1.82, 2.24) is 0 Å². The molecular weight excluding hydrogens is 250 g/mol. The second-order valence-corrected chi connectivity index (χ2v) is 6.88. The summed E-state index contributed by atoms with van der Waals surface area (Å²) in [6.07, 6.45) is 5.75. The Morgan fingerprint density at radius 3 is 2.80 bits per heavy atom. The molecule has 3 atom stereocenters. The highest BCUT2D eigenvalue weighted by molar-refractivity contribution is 5.50. The SMILES string of the molecule is CCC[N+]1(C)CCCC2Cc3c(ccc(O)c3O)CC21. The molecule has 0 radical (unpaired) electrons. The Kier molecular flexibility index (Phi) is 3.41. The van der Waals surface area contributed by atoms with Gasteiger partial charge < -0.3 is 14.7 Å². The molecule has 20 heavy (non-hydrogen) atoms. The van der Waals surface area contributed by atoms with Gasteiger partial charge in [-0.15, -0.1) is 0 Å². The molecule has 1 aliphatic heterocycles. The average Bonchev–Trinajstić information content (AvgIpc) is 2.43. The van der Waals surface area contributed by atoms with Gasteiger partial charge in [-0.3, -0.25) is 0 Å². The summed E-state index contributed by atoms with van der Waals surface area (Å²) >= 11 is 0. The molecule has 1 fully saturated rings. The number of likely N-dealkylation sites (N-methyl/N-ethyl adjacent to an activating group) is 1. The lowest BCUT2D eigenvalue weighted by atomic mass is 9.73. The average molecular weight is 276 g/mol. The summed E-state index contributed by atoms with van der Waals surface area (Å²) in [5.41, 5.74) is 2.24. The topological polar surface area (TPSA) is 40.5 Å². The van der Waals surface area contributed by atoms with Crippen molar-refractivity contribution < 1.29 is 14.7 Å². The van der Waals surface area contributed by atoms with Crippen LogP contribution in [0.1, 0.15) is 37.3 Å². The minimum Gasteiger partial charge on any atom is -0.504 e. The van der Waals surface area contributed by atoms with Crippen molar-refractivity contribution in [3.63, 3.8) is 0 Å². The number of phenolic OH excluding ortho intramolecular Hbond substituents is 2. The number of likely N-dealkylation sites (tertiary alicyclic amines) is 1. The number of piperidine rings is 1. The Bertz CT molecular complexity index is 510.